The molecule has 0 fully saturated rings. The number of hydrogen-bond acceptors (Lipinski definition) is 6. The lowest BCUT2D eigenvalue weighted by Crippen LogP contribution is -2.30. The smallest absolute Gasteiger partial charge is 0.306 e. The van der Waals surface area contributed by atoms with Crippen molar-refractivity contribution in [2.24, 2.45) is 0 Å². The first-order valence-electron chi connectivity index (χ1n) is 36.0. The molecular formula is C74H138O6. The van der Waals surface area contributed by atoms with Crippen molar-refractivity contribution in [2.45, 2.75) is 406 Å². The Balaban J connectivity index is 4.03. The summed E-state index contributed by atoms with van der Waals surface area (Å²) in [4.78, 5) is 38.3. The van der Waals surface area contributed by atoms with Crippen molar-refractivity contribution in [2.75, 3.05) is 13.2 Å². The average Bonchev–Trinajstić information content (AvgIpc) is 3.46. The van der Waals surface area contributed by atoms with E-state index >= 15 is 0 Å². The molecule has 6 nitrogen and oxygen atoms in total. The average molecular weight is 1120 g/mol. The van der Waals surface area contributed by atoms with E-state index in [1.807, 2.05) is 0 Å². The molecule has 0 aliphatic rings. The predicted octanol–water partition coefficient (Wildman–Crippen LogP) is 24.7. The molecule has 80 heavy (non-hydrogen) atoms. The van der Waals surface area contributed by atoms with Gasteiger partial charge in [-0.05, 0) is 77.0 Å². The minimum Gasteiger partial charge on any atom is -0.462 e. The fourth-order valence-electron chi connectivity index (χ4n) is 10.9. The molecule has 6 heteroatoms. The Labute approximate surface area is 499 Å². The van der Waals surface area contributed by atoms with Gasteiger partial charge in [0.15, 0.2) is 6.10 Å². The summed E-state index contributed by atoms with van der Waals surface area (Å²) < 4.78 is 16.9. The third kappa shape index (κ3) is 66.4. The lowest BCUT2D eigenvalue weighted by atomic mass is 10.0. The monoisotopic (exact) mass is 1120 g/mol. The first kappa shape index (κ1) is 77.6. The van der Waals surface area contributed by atoms with Crippen molar-refractivity contribution in [3.8, 4) is 0 Å². The van der Waals surface area contributed by atoms with Crippen LogP contribution in [0, 0.1) is 0 Å². The van der Waals surface area contributed by atoms with Gasteiger partial charge in [0.1, 0.15) is 13.2 Å². The number of esters is 3. The summed E-state index contributed by atoms with van der Waals surface area (Å²) >= 11 is 0. The highest BCUT2D eigenvalue weighted by molar-refractivity contribution is 5.71. The summed E-state index contributed by atoms with van der Waals surface area (Å²) in [6, 6.07) is 0. The van der Waals surface area contributed by atoms with E-state index in [0.717, 1.165) is 70.6 Å². The summed E-state index contributed by atoms with van der Waals surface area (Å²) in [7, 11) is 0. The van der Waals surface area contributed by atoms with Gasteiger partial charge in [0.05, 0.1) is 0 Å². The van der Waals surface area contributed by atoms with E-state index < -0.39 is 6.10 Å². The zero-order valence-corrected chi connectivity index (χ0v) is 54.1. The molecule has 0 bridgehead atoms. The molecule has 470 valence electrons. The summed E-state index contributed by atoms with van der Waals surface area (Å²) in [5, 5.41) is 0. The minimum absolute atomic E-state index is 0.0690. The van der Waals surface area contributed by atoms with Crippen molar-refractivity contribution in [1.29, 1.82) is 0 Å². The van der Waals surface area contributed by atoms with Crippen molar-refractivity contribution in [1.82, 2.24) is 0 Å². The van der Waals surface area contributed by atoms with Crippen LogP contribution in [0.15, 0.2) is 36.5 Å². The molecule has 1 unspecified atom stereocenters. The van der Waals surface area contributed by atoms with E-state index in [-0.39, 0.29) is 31.1 Å². The Hall–Kier alpha value is -2.37. The summed E-state index contributed by atoms with van der Waals surface area (Å²) in [5.74, 6) is -0.850. The highest BCUT2D eigenvalue weighted by Gasteiger charge is 2.19. The number of rotatable bonds is 67. The molecule has 0 radical (unpaired) electrons. The van der Waals surface area contributed by atoms with Crippen LogP contribution in [-0.2, 0) is 28.6 Å². The predicted molar refractivity (Wildman–Crippen MR) is 349 cm³/mol. The molecule has 0 saturated heterocycles. The fourth-order valence-corrected chi connectivity index (χ4v) is 10.9. The topological polar surface area (TPSA) is 78.9 Å². The normalized spacial score (nSPS) is 12.2. The Morgan fingerprint density at radius 3 is 0.700 bits per heavy atom. The molecule has 0 aliphatic carbocycles. The van der Waals surface area contributed by atoms with Gasteiger partial charge < -0.3 is 14.2 Å². The molecule has 0 saturated carbocycles. The molecule has 0 N–H and O–H groups in total. The van der Waals surface area contributed by atoms with Crippen LogP contribution in [-0.4, -0.2) is 37.2 Å². The first-order valence-corrected chi connectivity index (χ1v) is 36.0. The Morgan fingerprint density at radius 1 is 0.250 bits per heavy atom. The second kappa shape index (κ2) is 69.1. The van der Waals surface area contributed by atoms with Gasteiger partial charge in [-0.3, -0.25) is 14.4 Å². The zero-order chi connectivity index (χ0) is 57.8. The maximum atomic E-state index is 12.9. The largest absolute Gasteiger partial charge is 0.462 e. The summed E-state index contributed by atoms with van der Waals surface area (Å²) in [5.41, 5.74) is 0. The molecule has 0 spiro atoms. The van der Waals surface area contributed by atoms with Gasteiger partial charge in [0.25, 0.3) is 0 Å². The number of carbonyl (C=O) groups excluding carboxylic acids is 3. The van der Waals surface area contributed by atoms with Crippen LogP contribution >= 0.6 is 0 Å². The van der Waals surface area contributed by atoms with Crippen LogP contribution < -0.4 is 0 Å². The maximum Gasteiger partial charge on any atom is 0.306 e. The highest BCUT2D eigenvalue weighted by atomic mass is 16.6. The van der Waals surface area contributed by atoms with E-state index in [9.17, 15) is 14.4 Å². The SMILES string of the molecule is CCCCCCC/C=C\C/C=C\CCCCCCCCCCCCCCCCCCCCCCCCCC(=O)OCC(COC(=O)CCCCCCCCCCCCCCC)OC(=O)CCCCCCC/C=C\CCCCCCC. The van der Waals surface area contributed by atoms with Crippen molar-refractivity contribution < 1.29 is 28.6 Å². The van der Waals surface area contributed by atoms with Crippen molar-refractivity contribution in [3.63, 3.8) is 0 Å². The Morgan fingerprint density at radius 2 is 0.450 bits per heavy atom. The van der Waals surface area contributed by atoms with Gasteiger partial charge in [0.2, 0.25) is 0 Å². The maximum absolute atomic E-state index is 12.9. The van der Waals surface area contributed by atoms with Gasteiger partial charge in [-0.1, -0.05) is 340 Å². The van der Waals surface area contributed by atoms with Crippen molar-refractivity contribution in [3.05, 3.63) is 36.5 Å². The van der Waals surface area contributed by atoms with Crippen molar-refractivity contribution >= 4 is 17.9 Å². The van der Waals surface area contributed by atoms with Gasteiger partial charge >= 0.3 is 17.9 Å². The van der Waals surface area contributed by atoms with E-state index in [1.54, 1.807) is 0 Å². The van der Waals surface area contributed by atoms with E-state index in [2.05, 4.69) is 57.2 Å². The quantitative estimate of drug-likeness (QED) is 0.0261. The molecule has 0 aromatic rings. The molecule has 0 rings (SSSR count). The lowest BCUT2D eigenvalue weighted by molar-refractivity contribution is -0.167. The number of carbonyl (C=O) groups is 3. The van der Waals surface area contributed by atoms with E-state index in [1.165, 1.54) is 289 Å². The number of ether oxygens (including phenoxy) is 3. The molecule has 0 heterocycles. The Bertz CT molecular complexity index is 1340. The summed E-state index contributed by atoms with van der Waals surface area (Å²) in [6.07, 6.45) is 86.3. The van der Waals surface area contributed by atoms with Crippen LogP contribution in [0.1, 0.15) is 400 Å². The number of hydrogen-bond donors (Lipinski definition) is 0. The standard InChI is InChI=1S/C74H138O6/c1-4-7-10-13-16-19-22-25-27-28-29-30-31-32-33-34-35-36-37-38-39-40-41-42-43-44-45-46-47-50-52-55-58-61-64-67-73(76)79-70-71(69-78-72(75)66-63-60-57-54-51-48-24-21-18-15-12-9-6-3)80-74(77)68-65-62-59-56-53-49-26-23-20-17-14-11-8-5-2/h22-23,25-26,28-29,71H,4-21,24,27,30-70H2,1-3H3/b25-22-,26-23-,29-28-. The van der Waals surface area contributed by atoms with Gasteiger partial charge in [0, 0.05) is 19.3 Å². The molecule has 0 amide bonds. The molecule has 0 aromatic heterocycles. The second-order valence-corrected chi connectivity index (χ2v) is 24.5. The number of allylic oxidation sites excluding steroid dienone is 6. The third-order valence-corrected chi connectivity index (χ3v) is 16.4. The second-order valence-electron chi connectivity index (χ2n) is 24.5. The van der Waals surface area contributed by atoms with Gasteiger partial charge in [-0.15, -0.1) is 0 Å². The molecular weight excluding hydrogens is 985 g/mol. The third-order valence-electron chi connectivity index (χ3n) is 16.4. The fraction of sp³-hybridized carbons (Fsp3) is 0.878. The van der Waals surface area contributed by atoms with Gasteiger partial charge in [-0.2, -0.15) is 0 Å². The van der Waals surface area contributed by atoms with Crippen LogP contribution in [0.25, 0.3) is 0 Å². The summed E-state index contributed by atoms with van der Waals surface area (Å²) in [6.45, 7) is 6.68. The Kier molecular flexibility index (Phi) is 67.1. The molecule has 1 atom stereocenters. The van der Waals surface area contributed by atoms with E-state index in [4.69, 9.17) is 14.2 Å². The number of unbranched alkanes of at least 4 members (excludes halogenated alkanes) is 50. The first-order chi connectivity index (χ1) is 39.5. The highest BCUT2D eigenvalue weighted by Crippen LogP contribution is 2.19. The van der Waals surface area contributed by atoms with Crippen LogP contribution in [0.3, 0.4) is 0 Å². The zero-order valence-electron chi connectivity index (χ0n) is 54.1. The van der Waals surface area contributed by atoms with Gasteiger partial charge in [-0.25, -0.2) is 0 Å². The van der Waals surface area contributed by atoms with Crippen LogP contribution in [0.4, 0.5) is 0 Å². The van der Waals surface area contributed by atoms with Crippen LogP contribution in [0.2, 0.25) is 0 Å². The van der Waals surface area contributed by atoms with E-state index in [0.29, 0.717) is 19.3 Å². The lowest BCUT2D eigenvalue weighted by Gasteiger charge is -2.18. The molecule has 0 aromatic carbocycles. The van der Waals surface area contributed by atoms with Crippen LogP contribution in [0.5, 0.6) is 0 Å². The minimum atomic E-state index is -0.772. The molecule has 0 aliphatic heterocycles.